The molecule has 14 nitrogen and oxygen atoms in total. The van der Waals surface area contributed by atoms with Crippen LogP contribution in [0.3, 0.4) is 0 Å². The number of amides is 5. The van der Waals surface area contributed by atoms with Crippen molar-refractivity contribution in [3.8, 4) is 0 Å². The maximum absolute atomic E-state index is 14.5. The molecule has 0 radical (unpaired) electrons. The topological polar surface area (TPSA) is 181 Å². The van der Waals surface area contributed by atoms with E-state index in [4.69, 9.17) is 9.47 Å². The van der Waals surface area contributed by atoms with Crippen molar-refractivity contribution in [1.82, 2.24) is 25.2 Å². The molecule has 59 heavy (non-hydrogen) atoms. The van der Waals surface area contributed by atoms with Gasteiger partial charge in [0.2, 0.25) is 21.8 Å². The van der Waals surface area contributed by atoms with Crippen molar-refractivity contribution in [3.05, 3.63) is 82.7 Å². The molecule has 320 valence electrons. The molecule has 2 aromatic rings. The lowest BCUT2D eigenvalue weighted by Gasteiger charge is -2.30. The van der Waals surface area contributed by atoms with Crippen LogP contribution in [-0.4, -0.2) is 84.0 Å². The highest BCUT2D eigenvalue weighted by molar-refractivity contribution is 7.89. The quantitative estimate of drug-likeness (QED) is 0.260. The van der Waals surface area contributed by atoms with Crippen LogP contribution in [0.25, 0.3) is 0 Å². The number of carbonyl (C=O) groups is 5. The summed E-state index contributed by atoms with van der Waals surface area (Å²) >= 11 is 0. The van der Waals surface area contributed by atoms with E-state index in [1.54, 1.807) is 39.0 Å². The van der Waals surface area contributed by atoms with E-state index in [0.717, 1.165) is 23.1 Å². The minimum atomic E-state index is -4.87. The van der Waals surface area contributed by atoms with Crippen LogP contribution < -0.4 is 15.4 Å². The number of ether oxygens (including phenoxy) is 2. The summed E-state index contributed by atoms with van der Waals surface area (Å²) in [5.41, 5.74) is -3.63. The van der Waals surface area contributed by atoms with Gasteiger partial charge in [0.05, 0.1) is 24.4 Å². The van der Waals surface area contributed by atoms with Crippen LogP contribution in [0.4, 0.5) is 27.2 Å². The lowest BCUT2D eigenvalue weighted by atomic mass is 10.0. The second-order valence-electron chi connectivity index (χ2n) is 16.4. The van der Waals surface area contributed by atoms with Crippen LogP contribution in [0.1, 0.15) is 88.0 Å². The van der Waals surface area contributed by atoms with Crippen molar-refractivity contribution in [2.45, 2.75) is 120 Å². The lowest BCUT2D eigenvalue weighted by molar-refractivity contribution is -0.141. The third-order valence-corrected chi connectivity index (χ3v) is 11.9. The van der Waals surface area contributed by atoms with Gasteiger partial charge in [-0.05, 0) is 69.7 Å². The Kier molecular flexibility index (Phi) is 12.4. The largest absolute Gasteiger partial charge is 0.444 e. The van der Waals surface area contributed by atoms with Crippen LogP contribution in [0, 0.1) is 11.7 Å². The fourth-order valence-corrected chi connectivity index (χ4v) is 8.94. The lowest BCUT2D eigenvalue weighted by Crippen LogP contribution is -2.58. The van der Waals surface area contributed by atoms with Gasteiger partial charge in [-0.1, -0.05) is 55.3 Å². The number of hydrogen-bond donors (Lipinski definition) is 3. The van der Waals surface area contributed by atoms with Crippen LogP contribution in [0.15, 0.2) is 54.6 Å². The van der Waals surface area contributed by atoms with Gasteiger partial charge in [0.15, 0.2) is 0 Å². The molecule has 3 N–H and O–H groups in total. The third-order valence-electron chi connectivity index (χ3n) is 10.7. The summed E-state index contributed by atoms with van der Waals surface area (Å²) in [7, 11) is -4.75. The summed E-state index contributed by atoms with van der Waals surface area (Å²) in [6.07, 6.45) is -2.09. The number of halogens is 4. The Bertz CT molecular complexity index is 2130. The van der Waals surface area contributed by atoms with Crippen molar-refractivity contribution in [2.75, 3.05) is 6.54 Å². The molecule has 2 aromatic carbocycles. The van der Waals surface area contributed by atoms with Gasteiger partial charge in [-0.25, -0.2) is 22.4 Å². The molecule has 0 spiro atoms. The first kappa shape index (κ1) is 43.4. The molecule has 0 unspecified atom stereocenters. The zero-order valence-corrected chi connectivity index (χ0v) is 33.6. The fourth-order valence-electron chi connectivity index (χ4n) is 7.74. The maximum Gasteiger partial charge on any atom is 0.416 e. The summed E-state index contributed by atoms with van der Waals surface area (Å²) in [6.45, 7) is 4.63. The Morgan fingerprint density at radius 3 is 2.46 bits per heavy atom. The number of carbonyl (C=O) groups excluding carboxylic acids is 5. The van der Waals surface area contributed by atoms with E-state index in [0.29, 0.717) is 36.8 Å². The van der Waals surface area contributed by atoms with Crippen molar-refractivity contribution >= 4 is 39.9 Å². The first-order chi connectivity index (χ1) is 27.7. The minimum absolute atomic E-state index is 0.0598. The first-order valence-electron chi connectivity index (χ1n) is 19.4. The zero-order valence-electron chi connectivity index (χ0n) is 32.8. The molecular formula is C40H47F4N5O9S. The molecule has 5 atom stereocenters. The Morgan fingerprint density at radius 2 is 1.75 bits per heavy atom. The second kappa shape index (κ2) is 16.8. The predicted octanol–water partition coefficient (Wildman–Crippen LogP) is 5.20. The van der Waals surface area contributed by atoms with E-state index in [1.165, 1.54) is 23.1 Å². The number of nitrogens with one attached hydrogen (secondary N) is 3. The molecule has 2 fully saturated rings. The van der Waals surface area contributed by atoms with Gasteiger partial charge in [-0.2, -0.15) is 13.2 Å². The highest BCUT2D eigenvalue weighted by Gasteiger charge is 2.62. The minimum Gasteiger partial charge on any atom is -0.444 e. The van der Waals surface area contributed by atoms with Gasteiger partial charge in [0.1, 0.15) is 35.1 Å². The van der Waals surface area contributed by atoms with Crippen LogP contribution >= 0.6 is 0 Å². The molecule has 1 saturated heterocycles. The summed E-state index contributed by atoms with van der Waals surface area (Å²) in [4.78, 5) is 71.4. The Hall–Kier alpha value is -5.20. The Morgan fingerprint density at radius 1 is 1.00 bits per heavy atom. The third kappa shape index (κ3) is 10.3. The van der Waals surface area contributed by atoms with E-state index >= 15 is 0 Å². The monoisotopic (exact) mass is 849 g/mol. The first-order valence-corrected chi connectivity index (χ1v) is 21.0. The number of nitrogens with zero attached hydrogens (tertiary/aromatic N) is 2. The molecule has 5 amide bonds. The maximum atomic E-state index is 14.5. The van der Waals surface area contributed by atoms with Gasteiger partial charge >= 0.3 is 18.4 Å². The molecule has 3 aliphatic heterocycles. The van der Waals surface area contributed by atoms with E-state index in [-0.39, 0.29) is 38.9 Å². The van der Waals surface area contributed by atoms with E-state index in [9.17, 15) is 50.0 Å². The number of alkyl carbamates (subject to hydrolysis) is 1. The van der Waals surface area contributed by atoms with E-state index in [2.05, 4.69) is 10.6 Å². The number of benzene rings is 2. The highest BCUT2D eigenvalue weighted by atomic mass is 32.2. The Labute approximate surface area is 339 Å². The fraction of sp³-hybridized carbons (Fsp3) is 0.525. The molecule has 0 aromatic heterocycles. The smallest absolute Gasteiger partial charge is 0.416 e. The van der Waals surface area contributed by atoms with Crippen LogP contribution in [0.5, 0.6) is 0 Å². The van der Waals surface area contributed by atoms with Crippen molar-refractivity contribution in [2.24, 2.45) is 5.92 Å². The molecule has 1 saturated carbocycles. The molecule has 19 heteroatoms. The van der Waals surface area contributed by atoms with E-state index in [1.807, 2.05) is 4.72 Å². The normalized spacial score (nSPS) is 25.1. The van der Waals surface area contributed by atoms with Gasteiger partial charge in [-0.3, -0.25) is 24.0 Å². The molecule has 6 rings (SSSR count). The second-order valence-corrected chi connectivity index (χ2v) is 18.1. The number of allylic oxidation sites excluding steroid dienone is 1. The van der Waals surface area contributed by atoms with Crippen LogP contribution in [-0.2, 0) is 58.9 Å². The summed E-state index contributed by atoms with van der Waals surface area (Å²) in [5.74, 6) is -5.16. The summed E-state index contributed by atoms with van der Waals surface area (Å²) < 4.78 is 95.1. The van der Waals surface area contributed by atoms with Crippen LogP contribution in [0.2, 0.25) is 0 Å². The van der Waals surface area contributed by atoms with Crippen molar-refractivity contribution in [3.63, 3.8) is 0 Å². The number of fused-ring (bicyclic) bond motifs is 3. The van der Waals surface area contributed by atoms with E-state index < -0.39 is 104 Å². The van der Waals surface area contributed by atoms with Gasteiger partial charge in [-0.15, -0.1) is 0 Å². The highest BCUT2D eigenvalue weighted by Crippen LogP contribution is 2.46. The molecule has 4 aliphatic rings. The standard InChI is InChI=1S/C40H47F4N5O9S/c1-38(2,3)58-36(53)45-31-17-8-6-4-5-7-14-26-19-39(26,35(52)47-59(55,56)23-25-12-9-10-15-29(25)40(42,43)44)46-33(50)32-18-27(21-49(32)34(31)51)57-37(54)48-20-24-13-11-16-30(41)28(24)22-48/h7,9-16,26-27,31-32H,4-6,8,17-23H2,1-3H3,(H,45,53)(H,46,50)(H,47,52)/t26-,27-,31+,32+,39-/m1/s1. The molecule has 1 aliphatic carbocycles. The summed E-state index contributed by atoms with van der Waals surface area (Å²) in [6, 6.07) is 5.95. The molecule has 0 bridgehead atoms. The zero-order chi connectivity index (χ0) is 42.9. The predicted molar refractivity (Wildman–Crippen MR) is 203 cm³/mol. The average Bonchev–Trinajstić information content (AvgIpc) is 3.42. The van der Waals surface area contributed by atoms with Gasteiger partial charge in [0, 0.05) is 24.4 Å². The SMILES string of the molecule is CC(C)(C)OC(=O)N[C@H]1CCCCCC=C[C@@H]2C[C@@]2(C(=O)NS(=O)(=O)Cc2ccccc2C(F)(F)F)NC(=O)[C@@H]2C[C@@H](OC(=O)N3Cc4cccc(F)c4C3)CN2C1=O. The number of sulfonamides is 1. The number of rotatable bonds is 6. The average molecular weight is 850 g/mol. The molecular weight excluding hydrogens is 803 g/mol. The van der Waals surface area contributed by atoms with Crippen molar-refractivity contribution in [1.29, 1.82) is 0 Å². The number of hydrogen-bond acceptors (Lipinski definition) is 9. The van der Waals surface area contributed by atoms with Gasteiger partial charge in [0.25, 0.3) is 5.91 Å². The van der Waals surface area contributed by atoms with Gasteiger partial charge < -0.3 is 25.0 Å². The Balaban J connectivity index is 1.26. The number of alkyl halides is 3. The molecule has 3 heterocycles. The summed E-state index contributed by atoms with van der Waals surface area (Å²) in [5, 5.41) is 5.25. The van der Waals surface area contributed by atoms with Crippen molar-refractivity contribution < 1.29 is 59.4 Å².